The van der Waals surface area contributed by atoms with Crippen LogP contribution in [0.15, 0.2) is 11.6 Å². The monoisotopic (exact) mass is 239 g/mol. The molecule has 0 spiro atoms. The van der Waals surface area contributed by atoms with Gasteiger partial charge in [-0.1, -0.05) is 27.7 Å². The van der Waals surface area contributed by atoms with Crippen LogP contribution in [0, 0.1) is 5.41 Å². The fraction of sp³-hybridized carbons (Fsp3) is 0.692. The van der Waals surface area contributed by atoms with E-state index >= 15 is 0 Å². The Morgan fingerprint density at radius 2 is 2.06 bits per heavy atom. The maximum absolute atomic E-state index is 11.6. The number of ether oxygens (including phenoxy) is 1. The van der Waals surface area contributed by atoms with Crippen molar-refractivity contribution in [2.75, 3.05) is 7.05 Å². The molecule has 0 aromatic rings. The summed E-state index contributed by atoms with van der Waals surface area (Å²) in [6.07, 6.45) is 2.17. The maximum atomic E-state index is 11.6. The fourth-order valence-corrected chi connectivity index (χ4v) is 1.75. The van der Waals surface area contributed by atoms with Gasteiger partial charge in [0.05, 0.1) is 0 Å². The van der Waals surface area contributed by atoms with Gasteiger partial charge in [-0.3, -0.25) is 9.59 Å². The van der Waals surface area contributed by atoms with Crippen LogP contribution >= 0.6 is 0 Å². The van der Waals surface area contributed by atoms with E-state index in [1.54, 1.807) is 13.1 Å². The zero-order chi connectivity index (χ0) is 13.2. The van der Waals surface area contributed by atoms with Gasteiger partial charge in [0.15, 0.2) is 0 Å². The van der Waals surface area contributed by atoms with E-state index in [0.29, 0.717) is 6.42 Å². The lowest BCUT2D eigenvalue weighted by Crippen LogP contribution is -2.37. The number of amides is 1. The molecular weight excluding hydrogens is 218 g/mol. The van der Waals surface area contributed by atoms with Gasteiger partial charge in [0.1, 0.15) is 0 Å². The molecule has 0 aliphatic carbocycles. The summed E-state index contributed by atoms with van der Waals surface area (Å²) >= 11 is 0. The molecule has 17 heavy (non-hydrogen) atoms. The van der Waals surface area contributed by atoms with Crippen LogP contribution in [0.4, 0.5) is 0 Å². The van der Waals surface area contributed by atoms with Crippen molar-refractivity contribution >= 4 is 11.9 Å². The maximum Gasteiger partial charge on any atom is 0.307 e. The molecule has 0 fully saturated rings. The Hall–Kier alpha value is -1.32. The fourth-order valence-electron chi connectivity index (χ4n) is 1.75. The van der Waals surface area contributed by atoms with Crippen LogP contribution in [0.5, 0.6) is 0 Å². The number of likely N-dealkylation sites (N-methyl/N-ethyl adjacent to an activating group) is 1. The molecule has 96 valence electrons. The van der Waals surface area contributed by atoms with Crippen LogP contribution in [-0.4, -0.2) is 30.1 Å². The lowest BCUT2D eigenvalue weighted by Gasteiger charge is -2.29. The van der Waals surface area contributed by atoms with E-state index in [1.165, 1.54) is 4.90 Å². The Kier molecular flexibility index (Phi) is 3.96. The van der Waals surface area contributed by atoms with Gasteiger partial charge >= 0.3 is 5.97 Å². The Balaban J connectivity index is 2.85. The minimum absolute atomic E-state index is 0.107. The van der Waals surface area contributed by atoms with Gasteiger partial charge in [-0.15, -0.1) is 0 Å². The number of hydrogen-bond donors (Lipinski definition) is 0. The van der Waals surface area contributed by atoms with Crippen molar-refractivity contribution in [2.45, 2.75) is 46.8 Å². The number of hydrogen-bond acceptors (Lipinski definition) is 3. The molecule has 1 amide bonds. The molecule has 4 heteroatoms. The van der Waals surface area contributed by atoms with Crippen LogP contribution in [0.25, 0.3) is 0 Å². The lowest BCUT2D eigenvalue weighted by atomic mass is 9.86. The Labute approximate surface area is 103 Å². The highest BCUT2D eigenvalue weighted by Crippen LogP contribution is 2.34. The molecule has 0 radical (unpaired) electrons. The molecular formula is C13H21NO3. The molecule has 0 aromatic heterocycles. The van der Waals surface area contributed by atoms with E-state index in [4.69, 9.17) is 4.74 Å². The molecule has 1 heterocycles. The quantitative estimate of drug-likeness (QED) is 0.708. The van der Waals surface area contributed by atoms with E-state index in [2.05, 4.69) is 0 Å². The summed E-state index contributed by atoms with van der Waals surface area (Å²) < 4.78 is 5.37. The molecule has 1 aliphatic heterocycles. The smallest absolute Gasteiger partial charge is 0.307 e. The van der Waals surface area contributed by atoms with Crippen molar-refractivity contribution in [3.63, 3.8) is 0 Å². The van der Waals surface area contributed by atoms with Crippen molar-refractivity contribution in [2.24, 2.45) is 5.41 Å². The SMILES string of the molecule is CCCC(=O)OC1C(C(C)(C)C)=CC(=O)N1C. The highest BCUT2D eigenvalue weighted by molar-refractivity contribution is 5.92. The minimum Gasteiger partial charge on any atom is -0.437 e. The van der Waals surface area contributed by atoms with Crippen LogP contribution in [0.3, 0.4) is 0 Å². The largest absolute Gasteiger partial charge is 0.437 e. The first-order valence-electron chi connectivity index (χ1n) is 5.95. The molecule has 0 saturated carbocycles. The normalized spacial score (nSPS) is 20.5. The topological polar surface area (TPSA) is 46.6 Å². The molecule has 0 N–H and O–H groups in total. The lowest BCUT2D eigenvalue weighted by molar-refractivity contribution is -0.157. The molecule has 0 aromatic carbocycles. The van der Waals surface area contributed by atoms with Crippen molar-refractivity contribution in [3.8, 4) is 0 Å². The number of esters is 1. The number of rotatable bonds is 3. The van der Waals surface area contributed by atoms with E-state index in [1.807, 2.05) is 27.7 Å². The molecule has 1 atom stereocenters. The molecule has 1 aliphatic rings. The van der Waals surface area contributed by atoms with Crippen LogP contribution < -0.4 is 0 Å². The highest BCUT2D eigenvalue weighted by Gasteiger charge is 2.38. The van der Waals surface area contributed by atoms with E-state index < -0.39 is 6.23 Å². The number of carbonyl (C=O) groups excluding carboxylic acids is 2. The zero-order valence-corrected chi connectivity index (χ0v) is 11.2. The average molecular weight is 239 g/mol. The molecule has 1 unspecified atom stereocenters. The summed E-state index contributed by atoms with van der Waals surface area (Å²) in [5.41, 5.74) is 0.673. The van der Waals surface area contributed by atoms with E-state index in [9.17, 15) is 9.59 Å². The second-order valence-electron chi connectivity index (χ2n) is 5.39. The first-order chi connectivity index (χ1) is 7.77. The summed E-state index contributed by atoms with van der Waals surface area (Å²) in [7, 11) is 1.65. The second-order valence-corrected chi connectivity index (χ2v) is 5.39. The second kappa shape index (κ2) is 4.90. The molecule has 0 saturated heterocycles. The summed E-state index contributed by atoms with van der Waals surface area (Å²) in [6.45, 7) is 7.94. The third-order valence-corrected chi connectivity index (χ3v) is 2.81. The highest BCUT2D eigenvalue weighted by atomic mass is 16.6. The van der Waals surface area contributed by atoms with Gasteiger partial charge < -0.3 is 9.64 Å². The zero-order valence-electron chi connectivity index (χ0n) is 11.2. The van der Waals surface area contributed by atoms with Crippen molar-refractivity contribution in [3.05, 3.63) is 11.6 Å². The minimum atomic E-state index is -0.540. The summed E-state index contributed by atoms with van der Waals surface area (Å²) in [4.78, 5) is 24.6. The Morgan fingerprint density at radius 1 is 1.47 bits per heavy atom. The Bertz CT molecular complexity index is 352. The predicted octanol–water partition coefficient (Wildman–Crippen LogP) is 2.10. The molecule has 0 bridgehead atoms. The number of carbonyl (C=O) groups is 2. The first kappa shape index (κ1) is 13.7. The third kappa shape index (κ3) is 3.08. The van der Waals surface area contributed by atoms with Gasteiger partial charge in [-0.05, 0) is 11.8 Å². The first-order valence-corrected chi connectivity index (χ1v) is 5.95. The average Bonchev–Trinajstić information content (AvgIpc) is 2.46. The Morgan fingerprint density at radius 3 is 2.53 bits per heavy atom. The van der Waals surface area contributed by atoms with Crippen LogP contribution in [0.1, 0.15) is 40.5 Å². The van der Waals surface area contributed by atoms with Crippen LogP contribution in [-0.2, 0) is 14.3 Å². The standard InChI is InChI=1S/C13H21NO3/c1-6-7-11(16)17-12-9(13(2,3)4)8-10(15)14(12)5/h8,12H,6-7H2,1-5H3. The summed E-state index contributed by atoms with van der Waals surface area (Å²) in [5, 5.41) is 0. The van der Waals surface area contributed by atoms with Crippen molar-refractivity contribution in [1.29, 1.82) is 0 Å². The van der Waals surface area contributed by atoms with Crippen molar-refractivity contribution < 1.29 is 14.3 Å². The number of nitrogens with zero attached hydrogens (tertiary/aromatic N) is 1. The van der Waals surface area contributed by atoms with Gasteiger partial charge in [0.25, 0.3) is 0 Å². The predicted molar refractivity (Wildman–Crippen MR) is 65.1 cm³/mol. The van der Waals surface area contributed by atoms with Gasteiger partial charge in [-0.2, -0.15) is 0 Å². The van der Waals surface area contributed by atoms with Crippen molar-refractivity contribution in [1.82, 2.24) is 4.90 Å². The van der Waals surface area contributed by atoms with Gasteiger partial charge in [-0.25, -0.2) is 0 Å². The summed E-state index contributed by atoms with van der Waals surface area (Å²) in [5.74, 6) is -0.363. The van der Waals surface area contributed by atoms with Crippen LogP contribution in [0.2, 0.25) is 0 Å². The van der Waals surface area contributed by atoms with E-state index in [-0.39, 0.29) is 17.3 Å². The molecule has 1 rings (SSSR count). The van der Waals surface area contributed by atoms with Gasteiger partial charge in [0.2, 0.25) is 12.1 Å². The van der Waals surface area contributed by atoms with Gasteiger partial charge in [0, 0.05) is 25.1 Å². The molecule has 4 nitrogen and oxygen atoms in total. The third-order valence-electron chi connectivity index (χ3n) is 2.81. The van der Waals surface area contributed by atoms with E-state index in [0.717, 1.165) is 12.0 Å². The summed E-state index contributed by atoms with van der Waals surface area (Å²) in [6, 6.07) is 0.